The molecular weight excluding hydrogens is 313 g/mol. The van der Waals surface area contributed by atoms with E-state index < -0.39 is 5.60 Å². The molecule has 128 valence electrons. The van der Waals surface area contributed by atoms with E-state index in [0.717, 1.165) is 0 Å². The Morgan fingerprint density at radius 2 is 2.04 bits per heavy atom. The topological polar surface area (TPSA) is 67.6 Å². The molecule has 1 fully saturated rings. The zero-order valence-corrected chi connectivity index (χ0v) is 13.5. The predicted molar refractivity (Wildman–Crippen MR) is 85.5 cm³/mol. The Morgan fingerprint density at radius 3 is 2.71 bits per heavy atom. The van der Waals surface area contributed by atoms with Crippen LogP contribution in [0.3, 0.4) is 0 Å². The number of benzene rings is 1. The minimum atomic E-state index is -0.927. The molecule has 3 rings (SSSR count). The number of carbonyl (C=O) groups excluding carboxylic acids is 1. The fourth-order valence-corrected chi connectivity index (χ4v) is 2.88. The maximum absolute atomic E-state index is 13.1. The highest BCUT2D eigenvalue weighted by atomic mass is 19.1. The number of imidazole rings is 1. The molecular formula is C17H20FN3O3. The number of rotatable bonds is 4. The van der Waals surface area contributed by atoms with E-state index >= 15 is 0 Å². The second-order valence-electron chi connectivity index (χ2n) is 6.12. The number of hydrogen-bond donors (Lipinski definition) is 1. The van der Waals surface area contributed by atoms with Gasteiger partial charge < -0.3 is 14.7 Å². The minimum absolute atomic E-state index is 0.226. The van der Waals surface area contributed by atoms with Crippen LogP contribution >= 0.6 is 0 Å². The van der Waals surface area contributed by atoms with Crippen molar-refractivity contribution in [2.45, 2.75) is 18.4 Å². The van der Waals surface area contributed by atoms with Gasteiger partial charge in [-0.2, -0.15) is 0 Å². The van der Waals surface area contributed by atoms with Gasteiger partial charge in [0.05, 0.1) is 18.1 Å². The first-order valence-electron chi connectivity index (χ1n) is 7.82. The lowest BCUT2D eigenvalue weighted by Gasteiger charge is -2.35. The monoisotopic (exact) mass is 333 g/mol. The highest BCUT2D eigenvalue weighted by Crippen LogP contribution is 2.22. The molecule has 2 heterocycles. The fraction of sp³-hybridized carbons (Fsp3) is 0.412. The summed E-state index contributed by atoms with van der Waals surface area (Å²) in [6.07, 6.45) is 3.98. The van der Waals surface area contributed by atoms with Crippen molar-refractivity contribution in [2.24, 2.45) is 0 Å². The third kappa shape index (κ3) is 3.47. The first kappa shape index (κ1) is 16.6. The molecule has 6 nitrogen and oxygen atoms in total. The Bertz CT molecular complexity index is 708. The van der Waals surface area contributed by atoms with Gasteiger partial charge in [0.25, 0.3) is 5.91 Å². The number of ether oxygens (including phenoxy) is 1. The van der Waals surface area contributed by atoms with Crippen LogP contribution in [0.15, 0.2) is 36.8 Å². The van der Waals surface area contributed by atoms with Crippen molar-refractivity contribution in [2.75, 3.05) is 26.8 Å². The Balaban J connectivity index is 1.78. The molecule has 7 heteroatoms. The summed E-state index contributed by atoms with van der Waals surface area (Å²) in [6, 6.07) is 5.83. The number of hydrogen-bond acceptors (Lipinski definition) is 4. The van der Waals surface area contributed by atoms with Crippen molar-refractivity contribution in [3.8, 4) is 5.69 Å². The molecule has 1 N–H and O–H groups in total. The van der Waals surface area contributed by atoms with Gasteiger partial charge in [0, 0.05) is 45.3 Å². The van der Waals surface area contributed by atoms with Crippen molar-refractivity contribution in [1.29, 1.82) is 0 Å². The first-order chi connectivity index (χ1) is 11.5. The highest BCUT2D eigenvalue weighted by Gasteiger charge is 2.33. The highest BCUT2D eigenvalue weighted by molar-refractivity contribution is 5.92. The van der Waals surface area contributed by atoms with Crippen LogP contribution in [0, 0.1) is 5.82 Å². The molecule has 0 bridgehead atoms. The van der Waals surface area contributed by atoms with Crippen molar-refractivity contribution >= 4 is 5.91 Å². The third-order valence-electron chi connectivity index (χ3n) is 4.26. The maximum atomic E-state index is 13.1. The van der Waals surface area contributed by atoms with Crippen molar-refractivity contribution < 1.29 is 19.0 Å². The number of halogens is 1. The molecule has 0 atom stereocenters. The van der Waals surface area contributed by atoms with Crippen molar-refractivity contribution in [1.82, 2.24) is 14.5 Å². The smallest absolute Gasteiger partial charge is 0.272 e. The number of aliphatic hydroxyl groups is 1. The molecule has 1 saturated heterocycles. The summed E-state index contributed by atoms with van der Waals surface area (Å²) in [5.41, 5.74) is 0.0822. The van der Waals surface area contributed by atoms with Crippen LogP contribution in [0.5, 0.6) is 0 Å². The Morgan fingerprint density at radius 1 is 1.38 bits per heavy atom. The average molecular weight is 333 g/mol. The number of carbonyl (C=O) groups is 1. The third-order valence-corrected chi connectivity index (χ3v) is 4.26. The van der Waals surface area contributed by atoms with Gasteiger partial charge in [0.15, 0.2) is 0 Å². The molecule has 2 aromatic rings. The van der Waals surface area contributed by atoms with Crippen molar-refractivity contribution in [3.05, 3.63) is 48.3 Å². The standard InChI is InChI=1S/C17H20FN3O3/c1-20(11-17(23)6-8-24-9-7-17)16(22)15-10-19-12-21(15)14-4-2-13(18)3-5-14/h2-5,10,12,23H,6-9,11H2,1H3. The summed E-state index contributed by atoms with van der Waals surface area (Å²) in [4.78, 5) is 18.2. The van der Waals surface area contributed by atoms with E-state index in [1.54, 1.807) is 23.7 Å². The van der Waals surface area contributed by atoms with Crippen LogP contribution in [0.25, 0.3) is 5.69 Å². The van der Waals surface area contributed by atoms with E-state index in [0.29, 0.717) is 37.4 Å². The van der Waals surface area contributed by atoms with E-state index in [1.807, 2.05) is 0 Å². The van der Waals surface area contributed by atoms with Gasteiger partial charge in [0.2, 0.25) is 0 Å². The molecule has 0 unspecified atom stereocenters. The molecule has 1 aromatic carbocycles. The second-order valence-corrected chi connectivity index (χ2v) is 6.12. The second kappa shape index (κ2) is 6.70. The molecule has 24 heavy (non-hydrogen) atoms. The van der Waals surface area contributed by atoms with E-state index in [-0.39, 0.29) is 18.3 Å². The van der Waals surface area contributed by atoms with Crippen LogP contribution < -0.4 is 0 Å². The Labute approximate surface area is 139 Å². The van der Waals surface area contributed by atoms with Gasteiger partial charge >= 0.3 is 0 Å². The number of aromatic nitrogens is 2. The Hall–Kier alpha value is -2.25. The van der Waals surface area contributed by atoms with Crippen LogP contribution in [0.2, 0.25) is 0 Å². The molecule has 0 aliphatic carbocycles. The van der Waals surface area contributed by atoms with E-state index in [4.69, 9.17) is 4.74 Å². The Kier molecular flexibility index (Phi) is 4.64. The number of nitrogens with zero attached hydrogens (tertiary/aromatic N) is 3. The fourth-order valence-electron chi connectivity index (χ4n) is 2.88. The zero-order chi connectivity index (χ0) is 17.2. The summed E-state index contributed by atoms with van der Waals surface area (Å²) < 4.78 is 19.9. The van der Waals surface area contributed by atoms with Crippen LogP contribution in [0.1, 0.15) is 23.3 Å². The average Bonchev–Trinajstić information content (AvgIpc) is 3.04. The quantitative estimate of drug-likeness (QED) is 0.923. The summed E-state index contributed by atoms with van der Waals surface area (Å²) in [7, 11) is 1.65. The predicted octanol–water partition coefficient (Wildman–Crippen LogP) is 1.62. The lowest BCUT2D eigenvalue weighted by Crippen LogP contribution is -2.47. The van der Waals surface area contributed by atoms with E-state index in [9.17, 15) is 14.3 Å². The molecule has 1 amide bonds. The molecule has 1 aliphatic heterocycles. The first-order valence-corrected chi connectivity index (χ1v) is 7.82. The SMILES string of the molecule is CN(CC1(O)CCOCC1)C(=O)c1cncn1-c1ccc(F)cc1. The zero-order valence-electron chi connectivity index (χ0n) is 13.5. The van der Waals surface area contributed by atoms with Gasteiger partial charge in [-0.3, -0.25) is 9.36 Å². The molecule has 0 spiro atoms. The lowest BCUT2D eigenvalue weighted by atomic mass is 9.94. The summed E-state index contributed by atoms with van der Waals surface area (Å²) in [6.45, 7) is 1.21. The lowest BCUT2D eigenvalue weighted by molar-refractivity contribution is -0.0734. The van der Waals surface area contributed by atoms with Crippen LogP contribution in [-0.4, -0.2) is 57.9 Å². The maximum Gasteiger partial charge on any atom is 0.272 e. The largest absolute Gasteiger partial charge is 0.388 e. The van der Waals surface area contributed by atoms with Crippen LogP contribution in [0.4, 0.5) is 4.39 Å². The van der Waals surface area contributed by atoms with Crippen molar-refractivity contribution in [3.63, 3.8) is 0 Å². The molecule has 1 aliphatic rings. The summed E-state index contributed by atoms with van der Waals surface area (Å²) >= 11 is 0. The van der Waals surface area contributed by atoms with Gasteiger partial charge in [-0.1, -0.05) is 0 Å². The molecule has 0 radical (unpaired) electrons. The minimum Gasteiger partial charge on any atom is -0.388 e. The van der Waals surface area contributed by atoms with Gasteiger partial charge in [-0.25, -0.2) is 9.37 Å². The number of likely N-dealkylation sites (N-methyl/N-ethyl adjacent to an activating group) is 1. The van der Waals surface area contributed by atoms with Crippen LogP contribution in [-0.2, 0) is 4.74 Å². The molecule has 0 saturated carbocycles. The van der Waals surface area contributed by atoms with E-state index in [2.05, 4.69) is 4.98 Å². The van der Waals surface area contributed by atoms with Gasteiger partial charge in [-0.15, -0.1) is 0 Å². The van der Waals surface area contributed by atoms with Gasteiger partial charge in [-0.05, 0) is 24.3 Å². The summed E-state index contributed by atoms with van der Waals surface area (Å²) in [5.74, 6) is -0.595. The van der Waals surface area contributed by atoms with Gasteiger partial charge in [0.1, 0.15) is 11.5 Å². The number of amides is 1. The van der Waals surface area contributed by atoms with E-state index in [1.165, 1.54) is 29.6 Å². The normalized spacial score (nSPS) is 16.8. The molecule has 1 aromatic heterocycles. The summed E-state index contributed by atoms with van der Waals surface area (Å²) in [5, 5.41) is 10.6.